The lowest BCUT2D eigenvalue weighted by atomic mass is 9.85. The number of para-hydroxylation sites is 1. The molecule has 1 aromatic carbocycles. The molecular weight excluding hydrogens is 300 g/mol. The molecule has 4 heterocycles. The molecule has 24 heavy (non-hydrogen) atoms. The first-order valence-corrected chi connectivity index (χ1v) is 8.55. The van der Waals surface area contributed by atoms with Gasteiger partial charge in [-0.3, -0.25) is 0 Å². The number of fused-ring (bicyclic) bond motifs is 2. The number of piperidine rings is 1. The van der Waals surface area contributed by atoms with E-state index in [9.17, 15) is 0 Å². The Kier molecular flexibility index (Phi) is 3.06. The summed E-state index contributed by atoms with van der Waals surface area (Å²) in [5.74, 6) is 2.40. The molecule has 5 rings (SSSR count). The summed E-state index contributed by atoms with van der Waals surface area (Å²) in [4.78, 5) is 11.8. The third-order valence-corrected chi connectivity index (χ3v) is 5.18. The molecule has 0 amide bonds. The van der Waals surface area contributed by atoms with Gasteiger partial charge < -0.3 is 10.2 Å². The van der Waals surface area contributed by atoms with Gasteiger partial charge in [0, 0.05) is 48.7 Å². The number of aromatic nitrogens is 4. The minimum Gasteiger partial charge on any atom is -0.340 e. The monoisotopic (exact) mass is 320 g/mol. The summed E-state index contributed by atoms with van der Waals surface area (Å²) in [7, 11) is 0. The highest BCUT2D eigenvalue weighted by molar-refractivity contribution is 5.79. The molecular formula is C18H20N6. The molecule has 0 aliphatic carbocycles. The fourth-order valence-corrected chi connectivity index (χ4v) is 3.77. The van der Waals surface area contributed by atoms with Crippen molar-refractivity contribution in [3.8, 4) is 5.82 Å². The molecule has 2 unspecified atom stereocenters. The van der Waals surface area contributed by atoms with Crippen LogP contribution in [0.1, 0.15) is 12.1 Å². The molecule has 6 nitrogen and oxygen atoms in total. The van der Waals surface area contributed by atoms with Crippen LogP contribution in [0.4, 0.5) is 5.95 Å². The van der Waals surface area contributed by atoms with Gasteiger partial charge in [0.25, 0.3) is 0 Å². The van der Waals surface area contributed by atoms with E-state index in [4.69, 9.17) is 4.98 Å². The average molecular weight is 320 g/mol. The van der Waals surface area contributed by atoms with Crippen molar-refractivity contribution in [1.82, 2.24) is 25.1 Å². The molecule has 2 saturated heterocycles. The average Bonchev–Trinajstić information content (AvgIpc) is 2.99. The van der Waals surface area contributed by atoms with Gasteiger partial charge in [0.2, 0.25) is 5.95 Å². The zero-order valence-electron chi connectivity index (χ0n) is 13.7. The quantitative estimate of drug-likeness (QED) is 0.782. The molecule has 2 fully saturated rings. The molecule has 0 bridgehead atoms. The van der Waals surface area contributed by atoms with Gasteiger partial charge in [-0.25, -0.2) is 9.67 Å². The number of anilines is 1. The lowest BCUT2D eigenvalue weighted by Crippen LogP contribution is -2.61. The van der Waals surface area contributed by atoms with E-state index in [1.165, 1.54) is 6.42 Å². The molecule has 2 aliphatic heterocycles. The van der Waals surface area contributed by atoms with Crippen LogP contribution in [0.3, 0.4) is 0 Å². The SMILES string of the molecule is Cc1cc(-n2ncc3ccccc32)nc(N2CCC3NCC3C2)n1. The Labute approximate surface area is 140 Å². The second kappa shape index (κ2) is 5.27. The molecule has 2 aliphatic rings. The van der Waals surface area contributed by atoms with Gasteiger partial charge in [0.1, 0.15) is 0 Å². The largest absolute Gasteiger partial charge is 0.340 e. The van der Waals surface area contributed by atoms with Crippen LogP contribution < -0.4 is 10.2 Å². The van der Waals surface area contributed by atoms with Crippen molar-refractivity contribution in [2.24, 2.45) is 5.92 Å². The van der Waals surface area contributed by atoms with E-state index in [0.29, 0.717) is 6.04 Å². The minimum absolute atomic E-state index is 0.695. The highest BCUT2D eigenvalue weighted by Crippen LogP contribution is 2.27. The van der Waals surface area contributed by atoms with Gasteiger partial charge in [-0.2, -0.15) is 10.1 Å². The van der Waals surface area contributed by atoms with Gasteiger partial charge in [-0.15, -0.1) is 0 Å². The second-order valence-corrected chi connectivity index (χ2v) is 6.79. The van der Waals surface area contributed by atoms with Crippen molar-refractivity contribution < 1.29 is 0 Å². The van der Waals surface area contributed by atoms with Gasteiger partial charge in [0.15, 0.2) is 5.82 Å². The van der Waals surface area contributed by atoms with Gasteiger partial charge >= 0.3 is 0 Å². The van der Waals surface area contributed by atoms with Crippen molar-refractivity contribution in [3.63, 3.8) is 0 Å². The van der Waals surface area contributed by atoms with E-state index in [1.54, 1.807) is 0 Å². The third-order valence-electron chi connectivity index (χ3n) is 5.18. The Morgan fingerprint density at radius 1 is 1.21 bits per heavy atom. The number of rotatable bonds is 2. The van der Waals surface area contributed by atoms with Crippen LogP contribution in [0.15, 0.2) is 36.5 Å². The summed E-state index contributed by atoms with van der Waals surface area (Å²) in [6, 6.07) is 10.9. The topological polar surface area (TPSA) is 58.9 Å². The van der Waals surface area contributed by atoms with E-state index < -0.39 is 0 Å². The predicted molar refractivity (Wildman–Crippen MR) is 93.5 cm³/mol. The number of hydrogen-bond donors (Lipinski definition) is 1. The number of nitrogens with one attached hydrogen (secondary N) is 1. The minimum atomic E-state index is 0.695. The van der Waals surface area contributed by atoms with Crippen LogP contribution in [0.5, 0.6) is 0 Å². The van der Waals surface area contributed by atoms with Crippen LogP contribution in [-0.4, -0.2) is 45.4 Å². The van der Waals surface area contributed by atoms with Crippen molar-refractivity contribution in [1.29, 1.82) is 0 Å². The molecule has 0 spiro atoms. The maximum atomic E-state index is 4.83. The Morgan fingerprint density at radius 2 is 2.12 bits per heavy atom. The fourth-order valence-electron chi connectivity index (χ4n) is 3.77. The van der Waals surface area contributed by atoms with Gasteiger partial charge in [0.05, 0.1) is 11.7 Å². The number of nitrogens with zero attached hydrogens (tertiary/aromatic N) is 5. The number of benzene rings is 1. The van der Waals surface area contributed by atoms with E-state index in [2.05, 4.69) is 32.4 Å². The third kappa shape index (κ3) is 2.17. The van der Waals surface area contributed by atoms with Crippen LogP contribution in [0, 0.1) is 12.8 Å². The molecule has 122 valence electrons. The summed E-state index contributed by atoms with van der Waals surface area (Å²) >= 11 is 0. The summed E-state index contributed by atoms with van der Waals surface area (Å²) < 4.78 is 1.91. The van der Waals surface area contributed by atoms with Crippen molar-refractivity contribution >= 4 is 16.9 Å². The maximum absolute atomic E-state index is 4.83. The molecule has 0 radical (unpaired) electrons. The summed E-state index contributed by atoms with van der Waals surface area (Å²) in [5, 5.41) is 9.15. The van der Waals surface area contributed by atoms with Crippen LogP contribution in [0.2, 0.25) is 0 Å². The summed E-state index contributed by atoms with van der Waals surface area (Å²) in [6.07, 6.45) is 3.06. The molecule has 6 heteroatoms. The molecule has 1 N–H and O–H groups in total. The Bertz CT molecular complexity index is 901. The Morgan fingerprint density at radius 3 is 2.96 bits per heavy atom. The van der Waals surface area contributed by atoms with Crippen LogP contribution in [-0.2, 0) is 0 Å². The summed E-state index contributed by atoms with van der Waals surface area (Å²) in [5.41, 5.74) is 2.05. The predicted octanol–water partition coefficient (Wildman–Crippen LogP) is 1.92. The first kappa shape index (κ1) is 13.9. The normalized spacial score (nSPS) is 23.1. The lowest BCUT2D eigenvalue weighted by Gasteiger charge is -2.46. The van der Waals surface area contributed by atoms with Crippen molar-refractivity contribution in [2.45, 2.75) is 19.4 Å². The highest BCUT2D eigenvalue weighted by Gasteiger charge is 2.36. The van der Waals surface area contributed by atoms with E-state index in [0.717, 1.165) is 53.9 Å². The van der Waals surface area contributed by atoms with Crippen LogP contribution >= 0.6 is 0 Å². The van der Waals surface area contributed by atoms with Crippen LogP contribution in [0.25, 0.3) is 16.7 Å². The molecule has 3 aromatic rings. The first-order valence-electron chi connectivity index (χ1n) is 8.55. The van der Waals surface area contributed by atoms with Gasteiger partial charge in [-0.1, -0.05) is 18.2 Å². The van der Waals surface area contributed by atoms with Gasteiger partial charge in [-0.05, 0) is 19.4 Å². The zero-order chi connectivity index (χ0) is 16.1. The van der Waals surface area contributed by atoms with Crippen molar-refractivity contribution in [3.05, 3.63) is 42.2 Å². The number of hydrogen-bond acceptors (Lipinski definition) is 5. The zero-order valence-corrected chi connectivity index (χ0v) is 13.7. The lowest BCUT2D eigenvalue weighted by molar-refractivity contribution is 0.197. The molecule has 2 atom stereocenters. The first-order chi connectivity index (χ1) is 11.8. The molecule has 0 saturated carbocycles. The standard InChI is InChI=1S/C18H20N6/c1-12-8-17(24-16-5-3-2-4-13(16)10-20-24)22-18(21-12)23-7-6-15-14(11-23)9-19-15/h2-5,8,10,14-15,19H,6-7,9,11H2,1H3. The smallest absolute Gasteiger partial charge is 0.227 e. The Hall–Kier alpha value is -2.47. The molecule has 2 aromatic heterocycles. The van der Waals surface area contributed by atoms with Crippen molar-refractivity contribution in [2.75, 3.05) is 24.5 Å². The fraction of sp³-hybridized carbons (Fsp3) is 0.389. The van der Waals surface area contributed by atoms with E-state index in [-0.39, 0.29) is 0 Å². The second-order valence-electron chi connectivity index (χ2n) is 6.79. The number of aryl methyl sites for hydroxylation is 1. The maximum Gasteiger partial charge on any atom is 0.227 e. The van der Waals surface area contributed by atoms with E-state index >= 15 is 0 Å². The Balaban J connectivity index is 1.54. The highest BCUT2D eigenvalue weighted by atomic mass is 15.3. The summed E-state index contributed by atoms with van der Waals surface area (Å²) in [6.45, 7) is 5.19. The van der Waals surface area contributed by atoms with E-state index in [1.807, 2.05) is 36.0 Å².